The van der Waals surface area contributed by atoms with Crippen molar-refractivity contribution in [3.8, 4) is 0 Å². The van der Waals surface area contributed by atoms with Crippen molar-refractivity contribution in [3.63, 3.8) is 0 Å². The molecule has 2 saturated heterocycles. The van der Waals surface area contributed by atoms with Crippen LogP contribution in [-0.2, 0) is 22.3 Å². The third kappa shape index (κ3) is 4.07. The molecule has 2 aliphatic heterocycles. The number of ether oxygens (including phenoxy) is 2. The van der Waals surface area contributed by atoms with E-state index >= 15 is 0 Å². The molecule has 2 heterocycles. The Bertz CT molecular complexity index is 698. The fourth-order valence-electron chi connectivity index (χ4n) is 3.78. The second-order valence-corrected chi connectivity index (χ2v) is 7.02. The zero-order valence-electron chi connectivity index (χ0n) is 15.2. The van der Waals surface area contributed by atoms with Crippen molar-refractivity contribution >= 4 is 11.9 Å². The van der Waals surface area contributed by atoms with Crippen molar-refractivity contribution in [3.05, 3.63) is 34.4 Å². The maximum atomic E-state index is 11.7. The minimum absolute atomic E-state index is 0.116. The van der Waals surface area contributed by atoms with Crippen molar-refractivity contribution in [2.45, 2.75) is 76.8 Å². The highest BCUT2D eigenvalue weighted by molar-refractivity contribution is 6.01. The summed E-state index contributed by atoms with van der Waals surface area (Å²) in [6.45, 7) is 4.11. The zero-order chi connectivity index (χ0) is 18.8. The second kappa shape index (κ2) is 7.76. The van der Waals surface area contributed by atoms with Crippen molar-refractivity contribution in [1.82, 2.24) is 0 Å². The van der Waals surface area contributed by atoms with Gasteiger partial charge in [-0.2, -0.15) is 0 Å². The Morgan fingerprint density at radius 1 is 0.885 bits per heavy atom. The number of carboxylic acids is 2. The number of hydrogen-bond donors (Lipinski definition) is 0. The number of rotatable bonds is 10. The molecule has 2 aliphatic rings. The van der Waals surface area contributed by atoms with Gasteiger partial charge >= 0.3 is 0 Å². The monoisotopic (exact) mass is 360 g/mol. The summed E-state index contributed by atoms with van der Waals surface area (Å²) < 4.78 is 11.1. The molecule has 26 heavy (non-hydrogen) atoms. The summed E-state index contributed by atoms with van der Waals surface area (Å²) in [6.07, 6.45) is 5.26. The van der Waals surface area contributed by atoms with Crippen LogP contribution >= 0.6 is 0 Å². The van der Waals surface area contributed by atoms with E-state index in [4.69, 9.17) is 9.47 Å². The Morgan fingerprint density at radius 3 is 1.92 bits per heavy atom. The van der Waals surface area contributed by atoms with Gasteiger partial charge in [-0.15, -0.1) is 0 Å². The number of carboxylic acid groups (broad SMARTS) is 2. The van der Waals surface area contributed by atoms with Gasteiger partial charge in [0.25, 0.3) is 0 Å². The van der Waals surface area contributed by atoms with Crippen molar-refractivity contribution in [2.75, 3.05) is 0 Å². The lowest BCUT2D eigenvalue weighted by atomic mass is 9.89. The van der Waals surface area contributed by atoms with Crippen LogP contribution in [0.25, 0.3) is 0 Å². The van der Waals surface area contributed by atoms with Crippen molar-refractivity contribution in [1.29, 1.82) is 0 Å². The lowest BCUT2D eigenvalue weighted by molar-refractivity contribution is -0.259. The van der Waals surface area contributed by atoms with Crippen LogP contribution in [0.1, 0.15) is 71.4 Å². The van der Waals surface area contributed by atoms with Crippen molar-refractivity contribution in [2.24, 2.45) is 0 Å². The minimum Gasteiger partial charge on any atom is -0.545 e. The van der Waals surface area contributed by atoms with E-state index in [1.54, 1.807) is 6.07 Å². The van der Waals surface area contributed by atoms with Gasteiger partial charge in [0.2, 0.25) is 0 Å². The van der Waals surface area contributed by atoms with Crippen LogP contribution in [0, 0.1) is 0 Å². The second-order valence-electron chi connectivity index (χ2n) is 7.02. The van der Waals surface area contributed by atoms with E-state index in [1.165, 1.54) is 6.07 Å². The molecule has 0 N–H and O–H groups in total. The largest absolute Gasteiger partial charge is 0.545 e. The summed E-state index contributed by atoms with van der Waals surface area (Å²) >= 11 is 0. The van der Waals surface area contributed by atoms with E-state index in [1.807, 2.05) is 6.92 Å². The summed E-state index contributed by atoms with van der Waals surface area (Å²) in [7, 11) is 0. The molecule has 142 valence electrons. The minimum atomic E-state index is -1.50. The van der Waals surface area contributed by atoms with Crippen LogP contribution in [0.15, 0.2) is 12.1 Å². The number of hydrogen-bond acceptors (Lipinski definition) is 6. The topological polar surface area (TPSA) is 105 Å². The van der Waals surface area contributed by atoms with E-state index in [-0.39, 0.29) is 35.5 Å². The van der Waals surface area contributed by atoms with Gasteiger partial charge in [-0.1, -0.05) is 26.0 Å². The van der Waals surface area contributed by atoms with Crippen molar-refractivity contribution < 1.29 is 29.3 Å². The first-order valence-electron chi connectivity index (χ1n) is 9.34. The molecular weight excluding hydrogens is 336 g/mol. The van der Waals surface area contributed by atoms with E-state index in [0.29, 0.717) is 24.8 Å². The number of aromatic carboxylic acids is 2. The standard InChI is InChI=1S/C20H26O6/c1-3-14-16(25-14)9-6-11-5-7-13(19(21)22)18(20(23)24)12(11)8-10-17-15(4-2)26-17/h5,7,14-17H,3-4,6,8-10H2,1-2H3,(H,21,22)(H,23,24)/p-2. The molecule has 0 spiro atoms. The number of benzene rings is 1. The summed E-state index contributed by atoms with van der Waals surface area (Å²) in [5.41, 5.74) is 0.806. The first kappa shape index (κ1) is 18.9. The Hall–Kier alpha value is -1.92. The lowest BCUT2D eigenvalue weighted by Gasteiger charge is -2.20. The van der Waals surface area contributed by atoms with Gasteiger partial charge in [0, 0.05) is 11.1 Å². The molecule has 4 unspecified atom stereocenters. The number of carbonyl (C=O) groups excluding carboxylic acids is 2. The highest BCUT2D eigenvalue weighted by atomic mass is 16.6. The van der Waals surface area contributed by atoms with Crippen LogP contribution in [0.2, 0.25) is 0 Å². The van der Waals surface area contributed by atoms with Crippen LogP contribution in [-0.4, -0.2) is 36.4 Å². The van der Waals surface area contributed by atoms with Crippen LogP contribution in [0.4, 0.5) is 0 Å². The van der Waals surface area contributed by atoms with Crippen LogP contribution in [0.3, 0.4) is 0 Å². The predicted octanol–water partition coefficient (Wildman–Crippen LogP) is 0.634. The van der Waals surface area contributed by atoms with E-state index < -0.39 is 11.9 Å². The molecule has 2 fully saturated rings. The highest BCUT2D eigenvalue weighted by Gasteiger charge is 2.37. The average Bonchev–Trinajstić information content (AvgIpc) is 3.52. The third-order valence-corrected chi connectivity index (χ3v) is 5.39. The summed E-state index contributed by atoms with van der Waals surface area (Å²) in [6, 6.07) is 3.01. The molecule has 1 aromatic carbocycles. The molecule has 0 radical (unpaired) electrons. The SMILES string of the molecule is CCC1OC1CCc1ccc(C(=O)[O-])c(C(=O)[O-])c1CCC1OC1CC. The van der Waals surface area contributed by atoms with Gasteiger partial charge in [-0.05, 0) is 49.7 Å². The Morgan fingerprint density at radius 2 is 1.46 bits per heavy atom. The van der Waals surface area contributed by atoms with Gasteiger partial charge < -0.3 is 29.3 Å². The van der Waals surface area contributed by atoms with Crippen LogP contribution < -0.4 is 10.2 Å². The molecule has 0 amide bonds. The maximum Gasteiger partial charge on any atom is 0.0845 e. The Balaban J connectivity index is 1.82. The van der Waals surface area contributed by atoms with Gasteiger partial charge in [-0.3, -0.25) is 0 Å². The molecule has 6 nitrogen and oxygen atoms in total. The molecule has 0 aromatic heterocycles. The molecule has 4 atom stereocenters. The number of epoxide rings is 2. The molecule has 0 bridgehead atoms. The van der Waals surface area contributed by atoms with Crippen LogP contribution in [0.5, 0.6) is 0 Å². The first-order valence-corrected chi connectivity index (χ1v) is 9.34. The molecular formula is C20H24O6-2. The Labute approximate surface area is 153 Å². The molecule has 3 rings (SSSR count). The first-order chi connectivity index (χ1) is 12.5. The summed E-state index contributed by atoms with van der Waals surface area (Å²) in [5.74, 6) is -2.97. The van der Waals surface area contributed by atoms with E-state index in [0.717, 1.165) is 24.8 Å². The average molecular weight is 360 g/mol. The van der Waals surface area contributed by atoms with Gasteiger partial charge in [-0.25, -0.2) is 0 Å². The molecule has 0 saturated carbocycles. The summed E-state index contributed by atoms with van der Waals surface area (Å²) in [5, 5.41) is 23.0. The summed E-state index contributed by atoms with van der Waals surface area (Å²) in [4.78, 5) is 23.0. The third-order valence-electron chi connectivity index (χ3n) is 5.39. The predicted molar refractivity (Wildman–Crippen MR) is 89.6 cm³/mol. The fourth-order valence-corrected chi connectivity index (χ4v) is 3.78. The highest BCUT2D eigenvalue weighted by Crippen LogP contribution is 2.33. The lowest BCUT2D eigenvalue weighted by Crippen LogP contribution is -2.32. The maximum absolute atomic E-state index is 11.7. The zero-order valence-corrected chi connectivity index (χ0v) is 15.2. The van der Waals surface area contributed by atoms with Gasteiger partial charge in [0.05, 0.1) is 36.4 Å². The fraction of sp³-hybridized carbons (Fsp3) is 0.600. The normalized spacial score (nSPS) is 26.5. The number of carbonyl (C=O) groups is 2. The Kier molecular flexibility index (Phi) is 5.63. The number of aryl methyl sites for hydroxylation is 1. The molecule has 0 aliphatic carbocycles. The smallest absolute Gasteiger partial charge is 0.0845 e. The quantitative estimate of drug-likeness (QED) is 0.567. The van der Waals surface area contributed by atoms with E-state index in [2.05, 4.69) is 6.92 Å². The molecule has 6 heteroatoms. The molecule has 1 aromatic rings. The van der Waals surface area contributed by atoms with Gasteiger partial charge in [0.1, 0.15) is 0 Å². The van der Waals surface area contributed by atoms with E-state index in [9.17, 15) is 19.8 Å². The van der Waals surface area contributed by atoms with Gasteiger partial charge in [0.15, 0.2) is 0 Å².